The molecule has 7 rings (SSSR count). The lowest BCUT2D eigenvalue weighted by Gasteiger charge is -2.29. The van der Waals surface area contributed by atoms with Crippen molar-refractivity contribution in [3.63, 3.8) is 0 Å². The van der Waals surface area contributed by atoms with E-state index in [0.717, 1.165) is 36.6 Å². The topological polar surface area (TPSA) is 121 Å². The van der Waals surface area contributed by atoms with Crippen molar-refractivity contribution >= 4 is 46.2 Å². The third-order valence-corrected chi connectivity index (χ3v) is 7.57. The summed E-state index contributed by atoms with van der Waals surface area (Å²) in [6.45, 7) is 1.48. The maximum absolute atomic E-state index is 12.6. The number of esters is 1. The van der Waals surface area contributed by atoms with Gasteiger partial charge < -0.3 is 19.6 Å². The highest BCUT2D eigenvalue weighted by Gasteiger charge is 2.52. The van der Waals surface area contributed by atoms with Crippen molar-refractivity contribution in [3.8, 4) is 0 Å². The molecule has 0 spiro atoms. The van der Waals surface area contributed by atoms with Crippen LogP contribution in [0.1, 0.15) is 40.2 Å². The maximum Gasteiger partial charge on any atom is 0.358 e. The highest BCUT2D eigenvalue weighted by molar-refractivity contribution is 6.27. The molecule has 5 heterocycles. The molecule has 0 aliphatic carbocycles. The first-order valence-corrected chi connectivity index (χ1v) is 14.1. The van der Waals surface area contributed by atoms with Crippen molar-refractivity contribution in [2.75, 3.05) is 30.0 Å². The summed E-state index contributed by atoms with van der Waals surface area (Å²) in [6.07, 6.45) is 5.37. The van der Waals surface area contributed by atoms with E-state index < -0.39 is 11.6 Å². The normalized spacial score (nSPS) is 19.7. The van der Waals surface area contributed by atoms with Crippen molar-refractivity contribution in [2.24, 2.45) is 9.98 Å². The Labute approximate surface area is 249 Å². The molecule has 1 atom stereocenters. The van der Waals surface area contributed by atoms with E-state index in [2.05, 4.69) is 37.0 Å². The number of ether oxygens (including phenoxy) is 1. The number of carbonyl (C=O) groups is 2. The summed E-state index contributed by atoms with van der Waals surface area (Å²) >= 11 is 0. The number of benzene rings is 2. The molecule has 43 heavy (non-hydrogen) atoms. The van der Waals surface area contributed by atoms with Gasteiger partial charge in [0.1, 0.15) is 17.4 Å². The number of para-hydroxylation sites is 2. The highest BCUT2D eigenvalue weighted by atomic mass is 16.5. The van der Waals surface area contributed by atoms with Crippen LogP contribution in [0.2, 0.25) is 0 Å². The van der Waals surface area contributed by atoms with Crippen LogP contribution in [0.4, 0.5) is 22.7 Å². The van der Waals surface area contributed by atoms with Crippen LogP contribution in [0.5, 0.6) is 0 Å². The number of amidine groups is 2. The molecule has 2 saturated heterocycles. The Bertz CT molecular complexity index is 1710. The Morgan fingerprint density at radius 2 is 1.56 bits per heavy atom. The number of nitrogens with zero attached hydrogens (tertiary/aromatic N) is 6. The first kappa shape index (κ1) is 27.9. The second-order valence-electron chi connectivity index (χ2n) is 10.2. The molecule has 1 unspecified atom stereocenters. The lowest BCUT2D eigenvalue weighted by Crippen LogP contribution is -2.49. The van der Waals surface area contributed by atoms with Crippen LogP contribution in [-0.2, 0) is 4.74 Å². The van der Waals surface area contributed by atoms with Gasteiger partial charge in [0.25, 0.3) is 0 Å². The van der Waals surface area contributed by atoms with Crippen molar-refractivity contribution in [3.05, 3.63) is 109 Å². The first-order chi connectivity index (χ1) is 21.0. The van der Waals surface area contributed by atoms with Gasteiger partial charge in [-0.2, -0.15) is 0 Å². The maximum atomic E-state index is 12.6. The van der Waals surface area contributed by atoms with E-state index >= 15 is 0 Å². The number of rotatable bonds is 4. The lowest BCUT2D eigenvalue weighted by molar-refractivity contribution is 0.0591. The quantitative estimate of drug-likeness (QED) is 0.333. The largest absolute Gasteiger partial charge is 0.464 e. The molecule has 0 saturated carbocycles. The summed E-state index contributed by atoms with van der Waals surface area (Å²) < 4.78 is 4.77. The minimum absolute atomic E-state index is 0.248. The number of aliphatic hydroxyl groups is 1. The zero-order valence-corrected chi connectivity index (χ0v) is 23.6. The van der Waals surface area contributed by atoms with Gasteiger partial charge in [-0.05, 0) is 55.0 Å². The summed E-state index contributed by atoms with van der Waals surface area (Å²) in [4.78, 5) is 45.8. The van der Waals surface area contributed by atoms with Crippen LogP contribution in [0.25, 0.3) is 0 Å². The Kier molecular flexibility index (Phi) is 7.76. The number of fused-ring (bicyclic) bond motifs is 2. The Morgan fingerprint density at radius 3 is 2.28 bits per heavy atom. The summed E-state index contributed by atoms with van der Waals surface area (Å²) in [5.41, 5.74) is 2.04. The zero-order chi connectivity index (χ0) is 29.8. The number of hydrogen-bond donors (Lipinski definition) is 1. The number of carbonyl (C=O) groups excluding carboxylic acids is 2. The van der Waals surface area contributed by atoms with Gasteiger partial charge in [-0.1, -0.05) is 36.4 Å². The average molecular weight is 575 g/mol. The molecule has 4 aromatic rings. The van der Waals surface area contributed by atoms with E-state index in [1.54, 1.807) is 36.7 Å². The van der Waals surface area contributed by atoms with E-state index in [-0.39, 0.29) is 17.2 Å². The number of hydrogen-bond acceptors (Lipinski definition) is 9. The molecule has 10 nitrogen and oxygen atoms in total. The molecule has 0 amide bonds. The van der Waals surface area contributed by atoms with Crippen molar-refractivity contribution in [2.45, 2.75) is 24.9 Å². The monoisotopic (exact) mass is 574 g/mol. The third kappa shape index (κ3) is 5.40. The molecule has 0 bridgehead atoms. The SMILES string of the molecule is COC(=O)c1ncccc1/N=C1\CCCN1c1ccccc1.O=C1c2ncccc2N=C2N(c3ccccc3)CCC12O. The van der Waals surface area contributed by atoms with Gasteiger partial charge in [-0.25, -0.2) is 19.8 Å². The fourth-order valence-electron chi connectivity index (χ4n) is 5.46. The Hall–Kier alpha value is -5.22. The van der Waals surface area contributed by atoms with Gasteiger partial charge in [0.15, 0.2) is 11.3 Å². The number of Topliss-reactive ketones (excluding diaryl/α,β-unsaturated/α-hetero) is 1. The minimum atomic E-state index is -1.56. The lowest BCUT2D eigenvalue weighted by atomic mass is 9.90. The van der Waals surface area contributed by atoms with E-state index in [1.165, 1.54) is 7.11 Å². The molecule has 10 heteroatoms. The van der Waals surface area contributed by atoms with Gasteiger partial charge in [-0.3, -0.25) is 9.78 Å². The van der Waals surface area contributed by atoms with Crippen LogP contribution in [-0.4, -0.2) is 64.3 Å². The van der Waals surface area contributed by atoms with E-state index in [1.807, 2.05) is 53.4 Å². The average Bonchev–Trinajstić information content (AvgIpc) is 3.67. The van der Waals surface area contributed by atoms with Gasteiger partial charge in [0, 0.05) is 49.7 Å². The smallest absolute Gasteiger partial charge is 0.358 e. The van der Waals surface area contributed by atoms with E-state index in [9.17, 15) is 14.7 Å². The number of anilines is 2. The predicted octanol–water partition coefficient (Wildman–Crippen LogP) is 5.15. The molecule has 3 aliphatic heterocycles. The van der Waals surface area contributed by atoms with Crippen molar-refractivity contribution < 1.29 is 19.4 Å². The summed E-state index contributed by atoms with van der Waals surface area (Å²) in [5, 5.41) is 10.8. The minimum Gasteiger partial charge on any atom is -0.464 e. The first-order valence-electron chi connectivity index (χ1n) is 14.1. The molecule has 2 aromatic heterocycles. The third-order valence-electron chi connectivity index (χ3n) is 7.57. The van der Waals surface area contributed by atoms with Gasteiger partial charge in [-0.15, -0.1) is 0 Å². The van der Waals surface area contributed by atoms with Crippen LogP contribution in [0.15, 0.2) is 107 Å². The zero-order valence-electron chi connectivity index (χ0n) is 23.6. The van der Waals surface area contributed by atoms with E-state index in [0.29, 0.717) is 30.2 Å². The summed E-state index contributed by atoms with van der Waals surface area (Å²) in [6, 6.07) is 26.8. The van der Waals surface area contributed by atoms with Crippen LogP contribution in [0, 0.1) is 0 Å². The number of pyridine rings is 2. The summed E-state index contributed by atoms with van der Waals surface area (Å²) in [7, 11) is 1.35. The Balaban J connectivity index is 0.000000153. The number of aromatic nitrogens is 2. The molecular weight excluding hydrogens is 544 g/mol. The van der Waals surface area contributed by atoms with Crippen molar-refractivity contribution in [1.82, 2.24) is 9.97 Å². The van der Waals surface area contributed by atoms with E-state index in [4.69, 9.17) is 4.74 Å². The number of aliphatic imine (C=N–C) groups is 2. The fraction of sp³-hybridized carbons (Fsp3) is 0.212. The van der Waals surface area contributed by atoms with Crippen LogP contribution in [0.3, 0.4) is 0 Å². The van der Waals surface area contributed by atoms with Crippen LogP contribution >= 0.6 is 0 Å². The molecule has 216 valence electrons. The predicted molar refractivity (Wildman–Crippen MR) is 165 cm³/mol. The standard InChI is InChI=1S/C17H17N3O2.C16H13N3O2/c1-22-17(21)16-14(9-5-11-18-16)19-15-10-6-12-20(15)13-7-3-2-4-8-13;20-14-13-12(7-4-9-17-13)18-15-16(14,21)8-10-19(15)11-5-2-1-3-6-11/h2-5,7-9,11H,6,10,12H2,1H3;1-7,9,21H,8,10H2/b19-15+;. The van der Waals surface area contributed by atoms with Gasteiger partial charge in [0.05, 0.1) is 18.5 Å². The van der Waals surface area contributed by atoms with Gasteiger partial charge in [0.2, 0.25) is 5.78 Å². The Morgan fingerprint density at radius 1 is 0.884 bits per heavy atom. The number of ketones is 1. The molecular formula is C33H30N6O4. The fourth-order valence-corrected chi connectivity index (χ4v) is 5.46. The van der Waals surface area contributed by atoms with Crippen molar-refractivity contribution in [1.29, 1.82) is 0 Å². The molecule has 2 fully saturated rings. The van der Waals surface area contributed by atoms with Crippen LogP contribution < -0.4 is 9.80 Å². The molecule has 0 radical (unpaired) electrons. The molecule has 1 N–H and O–H groups in total. The molecule has 2 aromatic carbocycles. The number of methoxy groups -OCH3 is 1. The highest BCUT2D eigenvalue weighted by Crippen LogP contribution is 2.38. The molecule has 3 aliphatic rings. The second kappa shape index (κ2) is 11.9. The second-order valence-corrected chi connectivity index (χ2v) is 10.2. The summed E-state index contributed by atoms with van der Waals surface area (Å²) in [5.74, 6) is 0.522. The van der Waals surface area contributed by atoms with Gasteiger partial charge >= 0.3 is 5.97 Å².